The Morgan fingerprint density at radius 3 is 2.40 bits per heavy atom. The van der Waals surface area contributed by atoms with Gasteiger partial charge in [0.05, 0.1) is 6.61 Å². The molecule has 112 valence electrons. The molecule has 0 bridgehead atoms. The fourth-order valence-corrected chi connectivity index (χ4v) is 2.61. The molecule has 1 aliphatic heterocycles. The summed E-state index contributed by atoms with van der Waals surface area (Å²) in [6.45, 7) is 8.69. The molecule has 0 atom stereocenters. The number of rotatable bonds is 7. The molecule has 0 radical (unpaired) electrons. The topological polar surface area (TPSA) is 30.0 Å². The second-order valence-electron chi connectivity index (χ2n) is 5.63. The molecule has 4 heteroatoms. The summed E-state index contributed by atoms with van der Waals surface area (Å²) in [5.74, 6) is 0. The molecule has 0 aliphatic carbocycles. The van der Waals surface area contributed by atoms with Crippen molar-refractivity contribution in [2.45, 2.75) is 6.54 Å². The Balaban J connectivity index is 1.77. The van der Waals surface area contributed by atoms with Crippen molar-refractivity contribution in [3.8, 4) is 0 Å². The van der Waals surface area contributed by atoms with Crippen molar-refractivity contribution in [3.63, 3.8) is 0 Å². The van der Waals surface area contributed by atoms with E-state index < -0.39 is 0 Å². The highest BCUT2D eigenvalue weighted by molar-refractivity contribution is 5.14. The molecule has 0 amide bonds. The van der Waals surface area contributed by atoms with E-state index in [4.69, 9.17) is 0 Å². The lowest BCUT2D eigenvalue weighted by Crippen LogP contribution is -2.47. The molecule has 0 unspecified atom stereocenters. The van der Waals surface area contributed by atoms with Crippen LogP contribution >= 0.6 is 0 Å². The van der Waals surface area contributed by atoms with Crippen LogP contribution in [0.1, 0.15) is 5.56 Å². The van der Waals surface area contributed by atoms with Crippen LogP contribution in [-0.2, 0) is 6.54 Å². The number of benzene rings is 1. The maximum absolute atomic E-state index is 9.22. The van der Waals surface area contributed by atoms with Gasteiger partial charge in [-0.25, -0.2) is 0 Å². The van der Waals surface area contributed by atoms with Crippen LogP contribution in [0.4, 0.5) is 0 Å². The molecular formula is C16H27N3O. The first-order chi connectivity index (χ1) is 9.78. The summed E-state index contributed by atoms with van der Waals surface area (Å²) >= 11 is 0. The summed E-state index contributed by atoms with van der Waals surface area (Å²) in [6, 6.07) is 10.5. The number of likely N-dealkylation sites (N-methyl/N-ethyl adjacent to an activating group) is 1. The van der Waals surface area contributed by atoms with Crippen molar-refractivity contribution in [2.75, 3.05) is 59.5 Å². The maximum Gasteiger partial charge on any atom is 0.0558 e. The summed E-state index contributed by atoms with van der Waals surface area (Å²) in [6.07, 6.45) is 0. The zero-order chi connectivity index (χ0) is 14.2. The zero-order valence-corrected chi connectivity index (χ0v) is 12.5. The minimum absolute atomic E-state index is 0.232. The van der Waals surface area contributed by atoms with E-state index in [0.29, 0.717) is 0 Å². The van der Waals surface area contributed by atoms with E-state index in [2.05, 4.69) is 46.0 Å². The fourth-order valence-electron chi connectivity index (χ4n) is 2.61. The Morgan fingerprint density at radius 1 is 1.05 bits per heavy atom. The molecule has 1 aliphatic rings. The van der Waals surface area contributed by atoms with E-state index in [1.165, 1.54) is 18.7 Å². The van der Waals surface area contributed by atoms with Crippen LogP contribution in [0.5, 0.6) is 0 Å². The highest BCUT2D eigenvalue weighted by Gasteiger charge is 2.14. The molecule has 20 heavy (non-hydrogen) atoms. The van der Waals surface area contributed by atoms with E-state index in [1.54, 1.807) is 0 Å². The van der Waals surface area contributed by atoms with Crippen LogP contribution in [0.3, 0.4) is 0 Å². The fraction of sp³-hybridized carbons (Fsp3) is 0.625. The lowest BCUT2D eigenvalue weighted by atomic mass is 10.2. The third-order valence-electron chi connectivity index (χ3n) is 3.99. The van der Waals surface area contributed by atoms with Gasteiger partial charge in [0.1, 0.15) is 0 Å². The maximum atomic E-state index is 9.22. The summed E-state index contributed by atoms with van der Waals surface area (Å²) in [5.41, 5.74) is 1.32. The summed E-state index contributed by atoms with van der Waals surface area (Å²) < 4.78 is 0. The Morgan fingerprint density at radius 2 is 1.75 bits per heavy atom. The lowest BCUT2D eigenvalue weighted by molar-refractivity contribution is 0.124. The van der Waals surface area contributed by atoms with Crippen molar-refractivity contribution in [1.29, 1.82) is 0 Å². The van der Waals surface area contributed by atoms with E-state index in [1.807, 2.05) is 6.07 Å². The Labute approximate surface area is 122 Å². The summed E-state index contributed by atoms with van der Waals surface area (Å²) in [7, 11) is 2.19. The number of aliphatic hydroxyl groups is 1. The average molecular weight is 277 g/mol. The van der Waals surface area contributed by atoms with Gasteiger partial charge in [0.25, 0.3) is 0 Å². The Bertz CT molecular complexity index is 363. The largest absolute Gasteiger partial charge is 0.395 e. The van der Waals surface area contributed by atoms with Crippen molar-refractivity contribution in [2.24, 2.45) is 0 Å². The molecule has 1 N–H and O–H groups in total. The molecule has 0 aromatic heterocycles. The van der Waals surface area contributed by atoms with E-state index in [-0.39, 0.29) is 6.61 Å². The quantitative estimate of drug-likeness (QED) is 0.796. The van der Waals surface area contributed by atoms with Gasteiger partial charge in [-0.1, -0.05) is 30.3 Å². The molecule has 0 spiro atoms. The van der Waals surface area contributed by atoms with Gasteiger partial charge in [-0.2, -0.15) is 0 Å². The third kappa shape index (κ3) is 5.21. The van der Waals surface area contributed by atoms with E-state index in [9.17, 15) is 5.11 Å². The minimum Gasteiger partial charge on any atom is -0.395 e. The predicted molar refractivity (Wildman–Crippen MR) is 82.7 cm³/mol. The first-order valence-electron chi connectivity index (χ1n) is 7.56. The first kappa shape index (κ1) is 15.4. The van der Waals surface area contributed by atoms with Crippen molar-refractivity contribution in [1.82, 2.24) is 14.7 Å². The minimum atomic E-state index is 0.232. The molecule has 2 rings (SSSR count). The number of hydrogen-bond acceptors (Lipinski definition) is 4. The van der Waals surface area contributed by atoms with Crippen LogP contribution in [0.2, 0.25) is 0 Å². The number of aliphatic hydroxyl groups excluding tert-OH is 1. The standard InChI is InChI=1S/C16H27N3O/c1-17-7-9-18(10-8-17)11-12-19(13-14-20)15-16-5-3-2-4-6-16/h2-6,20H,7-15H2,1H3. The van der Waals surface area contributed by atoms with Gasteiger partial charge in [0, 0.05) is 52.4 Å². The smallest absolute Gasteiger partial charge is 0.0558 e. The van der Waals surface area contributed by atoms with Crippen LogP contribution in [0.25, 0.3) is 0 Å². The van der Waals surface area contributed by atoms with Gasteiger partial charge in [-0.3, -0.25) is 9.80 Å². The molecule has 1 aromatic carbocycles. The second-order valence-corrected chi connectivity index (χ2v) is 5.63. The zero-order valence-electron chi connectivity index (χ0n) is 12.5. The Kier molecular flexibility index (Phi) is 6.47. The highest BCUT2D eigenvalue weighted by Crippen LogP contribution is 2.05. The van der Waals surface area contributed by atoms with Crippen molar-refractivity contribution in [3.05, 3.63) is 35.9 Å². The lowest BCUT2D eigenvalue weighted by Gasteiger charge is -2.34. The normalized spacial score (nSPS) is 17.8. The molecule has 4 nitrogen and oxygen atoms in total. The van der Waals surface area contributed by atoms with Gasteiger partial charge >= 0.3 is 0 Å². The average Bonchev–Trinajstić information content (AvgIpc) is 2.48. The van der Waals surface area contributed by atoms with Crippen LogP contribution in [0, 0.1) is 0 Å². The van der Waals surface area contributed by atoms with E-state index in [0.717, 1.165) is 39.3 Å². The summed E-state index contributed by atoms with van der Waals surface area (Å²) in [5, 5.41) is 9.22. The van der Waals surface area contributed by atoms with Crippen molar-refractivity contribution >= 4 is 0 Å². The SMILES string of the molecule is CN1CCN(CCN(CCO)Cc2ccccc2)CC1. The summed E-state index contributed by atoms with van der Waals surface area (Å²) in [4.78, 5) is 7.25. The van der Waals surface area contributed by atoms with E-state index >= 15 is 0 Å². The predicted octanol–water partition coefficient (Wildman–Crippen LogP) is 0.728. The van der Waals surface area contributed by atoms with Crippen LogP contribution in [-0.4, -0.2) is 79.3 Å². The molecule has 1 saturated heterocycles. The molecule has 1 aromatic rings. The number of hydrogen-bond donors (Lipinski definition) is 1. The molecular weight excluding hydrogens is 250 g/mol. The molecule has 1 fully saturated rings. The van der Waals surface area contributed by atoms with Crippen molar-refractivity contribution < 1.29 is 5.11 Å². The Hall–Kier alpha value is -0.940. The van der Waals surface area contributed by atoms with Gasteiger partial charge in [-0.05, 0) is 12.6 Å². The van der Waals surface area contributed by atoms with Gasteiger partial charge in [0.15, 0.2) is 0 Å². The highest BCUT2D eigenvalue weighted by atomic mass is 16.3. The third-order valence-corrected chi connectivity index (χ3v) is 3.99. The monoisotopic (exact) mass is 277 g/mol. The van der Waals surface area contributed by atoms with Gasteiger partial charge in [-0.15, -0.1) is 0 Å². The number of nitrogens with zero attached hydrogens (tertiary/aromatic N) is 3. The van der Waals surface area contributed by atoms with Crippen LogP contribution in [0.15, 0.2) is 30.3 Å². The molecule has 1 heterocycles. The first-order valence-corrected chi connectivity index (χ1v) is 7.56. The van der Waals surface area contributed by atoms with Gasteiger partial charge in [0.2, 0.25) is 0 Å². The second kappa shape index (κ2) is 8.37. The van der Waals surface area contributed by atoms with Gasteiger partial charge < -0.3 is 10.0 Å². The van der Waals surface area contributed by atoms with Crippen LogP contribution < -0.4 is 0 Å². The number of piperazine rings is 1. The molecule has 0 saturated carbocycles.